The fraction of sp³-hybridized carbons (Fsp3) is 0.500. The minimum Gasteiger partial charge on any atom is -0.334 e. The molecule has 20 heavy (non-hydrogen) atoms. The molecule has 0 spiro atoms. The molecule has 0 aliphatic heterocycles. The first-order chi connectivity index (χ1) is 9.56. The largest absolute Gasteiger partial charge is 0.334 e. The van der Waals surface area contributed by atoms with Gasteiger partial charge in [-0.1, -0.05) is 42.5 Å². The topological polar surface area (TPSA) is 67.1 Å². The minimum absolute atomic E-state index is 0.00968. The Balaban J connectivity index is 1.96. The number of urea groups is 1. The molecule has 0 heterocycles. The zero-order valence-electron chi connectivity index (χ0n) is 11.2. The van der Waals surface area contributed by atoms with Crippen molar-refractivity contribution in [2.45, 2.75) is 44.2 Å². The molecule has 4 nitrogen and oxygen atoms in total. The van der Waals surface area contributed by atoms with Crippen LogP contribution >= 0.6 is 23.2 Å². The summed E-state index contributed by atoms with van der Waals surface area (Å²) in [6.45, 7) is 0. The summed E-state index contributed by atoms with van der Waals surface area (Å²) >= 11 is 11.9. The van der Waals surface area contributed by atoms with E-state index in [-0.39, 0.29) is 18.1 Å². The van der Waals surface area contributed by atoms with Gasteiger partial charge in [0.05, 0.1) is 10.7 Å². The van der Waals surface area contributed by atoms with E-state index in [1.165, 1.54) is 6.42 Å². The van der Waals surface area contributed by atoms with E-state index in [0.717, 1.165) is 25.7 Å². The van der Waals surface area contributed by atoms with Crippen LogP contribution in [-0.2, 0) is 0 Å². The monoisotopic (exact) mass is 315 g/mol. The number of carbonyl (C=O) groups excluding carboxylic acids is 1. The number of nitrogens with one attached hydrogen (secondary N) is 2. The van der Waals surface area contributed by atoms with Crippen LogP contribution in [0.3, 0.4) is 0 Å². The number of anilines is 1. The Bertz CT molecular complexity index is 481. The molecule has 1 aromatic carbocycles. The van der Waals surface area contributed by atoms with Gasteiger partial charge >= 0.3 is 6.03 Å². The maximum Gasteiger partial charge on any atom is 0.319 e. The molecular weight excluding hydrogens is 297 g/mol. The van der Waals surface area contributed by atoms with Gasteiger partial charge in [-0.05, 0) is 31.0 Å². The van der Waals surface area contributed by atoms with Crippen LogP contribution in [0, 0.1) is 0 Å². The lowest BCUT2D eigenvalue weighted by Crippen LogP contribution is -2.48. The third kappa shape index (κ3) is 4.27. The molecule has 1 aliphatic carbocycles. The maximum atomic E-state index is 12.0. The van der Waals surface area contributed by atoms with E-state index in [1.54, 1.807) is 18.2 Å². The van der Waals surface area contributed by atoms with Gasteiger partial charge in [-0.15, -0.1) is 0 Å². The van der Waals surface area contributed by atoms with Gasteiger partial charge in [-0.3, -0.25) is 0 Å². The van der Waals surface area contributed by atoms with Crippen molar-refractivity contribution in [2.75, 3.05) is 5.32 Å². The number of amides is 2. The van der Waals surface area contributed by atoms with Crippen molar-refractivity contribution < 1.29 is 4.79 Å². The third-order valence-corrected chi connectivity index (χ3v) is 4.13. The van der Waals surface area contributed by atoms with Crippen molar-refractivity contribution in [3.05, 3.63) is 28.2 Å². The highest BCUT2D eigenvalue weighted by atomic mass is 35.5. The van der Waals surface area contributed by atoms with E-state index in [9.17, 15) is 4.79 Å². The highest BCUT2D eigenvalue weighted by Crippen LogP contribution is 2.25. The van der Waals surface area contributed by atoms with Crippen LogP contribution in [0.15, 0.2) is 18.2 Å². The van der Waals surface area contributed by atoms with Crippen LogP contribution in [0.2, 0.25) is 10.0 Å². The van der Waals surface area contributed by atoms with Crippen molar-refractivity contribution in [1.82, 2.24) is 5.32 Å². The highest BCUT2D eigenvalue weighted by molar-refractivity contribution is 6.35. The van der Waals surface area contributed by atoms with E-state index in [0.29, 0.717) is 15.7 Å². The summed E-state index contributed by atoms with van der Waals surface area (Å²) in [5.74, 6) is 0. The number of rotatable bonds is 2. The molecule has 2 atom stereocenters. The quantitative estimate of drug-likeness (QED) is 0.727. The van der Waals surface area contributed by atoms with Gasteiger partial charge in [-0.25, -0.2) is 4.79 Å². The molecule has 1 aromatic rings. The third-order valence-electron chi connectivity index (χ3n) is 3.56. The Hall–Kier alpha value is -0.970. The lowest BCUT2D eigenvalue weighted by molar-refractivity contribution is 0.245. The second-order valence-electron chi connectivity index (χ2n) is 5.13. The molecular formula is C14H19Cl2N3O. The van der Waals surface area contributed by atoms with E-state index >= 15 is 0 Å². The highest BCUT2D eigenvalue weighted by Gasteiger charge is 2.22. The predicted octanol–water partition coefficient (Wildman–Crippen LogP) is 3.77. The second-order valence-corrected chi connectivity index (χ2v) is 5.97. The molecule has 110 valence electrons. The van der Waals surface area contributed by atoms with Crippen molar-refractivity contribution in [3.63, 3.8) is 0 Å². The molecule has 4 N–H and O–H groups in total. The van der Waals surface area contributed by atoms with Gasteiger partial charge in [0.1, 0.15) is 0 Å². The average molecular weight is 316 g/mol. The smallest absolute Gasteiger partial charge is 0.319 e. The van der Waals surface area contributed by atoms with Crippen LogP contribution in [0.5, 0.6) is 0 Å². The van der Waals surface area contributed by atoms with Crippen molar-refractivity contribution >= 4 is 34.9 Å². The molecule has 2 unspecified atom stereocenters. The molecule has 0 aromatic heterocycles. The lowest BCUT2D eigenvalue weighted by Gasteiger charge is -2.23. The Kier molecular flexibility index (Phi) is 5.52. The Labute approximate surface area is 129 Å². The number of hydrogen-bond acceptors (Lipinski definition) is 2. The van der Waals surface area contributed by atoms with Crippen LogP contribution in [-0.4, -0.2) is 18.1 Å². The molecule has 0 radical (unpaired) electrons. The fourth-order valence-electron chi connectivity index (χ4n) is 2.44. The average Bonchev–Trinajstić information content (AvgIpc) is 2.59. The standard InChI is InChI=1S/C14H19Cl2N3O/c15-9-6-7-10(16)13(8-9)19-14(20)18-12-5-3-1-2-4-11(12)17/h6-8,11-12H,1-5,17H2,(H2,18,19,20). The maximum absolute atomic E-state index is 12.0. The van der Waals surface area contributed by atoms with Crippen molar-refractivity contribution in [3.8, 4) is 0 Å². The summed E-state index contributed by atoms with van der Waals surface area (Å²) in [5.41, 5.74) is 6.58. The number of halogens is 2. The summed E-state index contributed by atoms with van der Waals surface area (Å²) in [7, 11) is 0. The number of carbonyl (C=O) groups is 1. The number of nitrogens with two attached hydrogens (primary N) is 1. The summed E-state index contributed by atoms with van der Waals surface area (Å²) < 4.78 is 0. The first-order valence-corrected chi connectivity index (χ1v) is 7.60. The van der Waals surface area contributed by atoms with Gasteiger partial charge < -0.3 is 16.4 Å². The van der Waals surface area contributed by atoms with E-state index in [4.69, 9.17) is 28.9 Å². The summed E-state index contributed by atoms with van der Waals surface area (Å²) in [6.07, 6.45) is 5.26. The first-order valence-electron chi connectivity index (χ1n) is 6.84. The molecule has 0 bridgehead atoms. The van der Waals surface area contributed by atoms with Crippen molar-refractivity contribution in [2.24, 2.45) is 5.73 Å². The van der Waals surface area contributed by atoms with E-state index in [2.05, 4.69) is 10.6 Å². The lowest BCUT2D eigenvalue weighted by atomic mass is 10.0. The fourth-order valence-corrected chi connectivity index (χ4v) is 2.77. The zero-order valence-corrected chi connectivity index (χ0v) is 12.7. The van der Waals surface area contributed by atoms with Crippen LogP contribution in [0.4, 0.5) is 10.5 Å². The molecule has 1 aliphatic rings. The Morgan fingerprint density at radius 1 is 1.20 bits per heavy atom. The van der Waals surface area contributed by atoms with Gasteiger partial charge in [-0.2, -0.15) is 0 Å². The second kappa shape index (κ2) is 7.16. The Morgan fingerprint density at radius 2 is 1.95 bits per heavy atom. The van der Waals surface area contributed by atoms with Crippen LogP contribution < -0.4 is 16.4 Å². The Morgan fingerprint density at radius 3 is 2.75 bits per heavy atom. The summed E-state index contributed by atoms with van der Waals surface area (Å²) in [5, 5.41) is 6.62. The van der Waals surface area contributed by atoms with Gasteiger partial charge in [0, 0.05) is 17.1 Å². The predicted molar refractivity (Wildman–Crippen MR) is 83.5 cm³/mol. The minimum atomic E-state index is -0.295. The molecule has 2 rings (SSSR count). The zero-order chi connectivity index (χ0) is 14.5. The van der Waals surface area contributed by atoms with Gasteiger partial charge in [0.2, 0.25) is 0 Å². The molecule has 1 fully saturated rings. The number of benzene rings is 1. The molecule has 0 saturated heterocycles. The van der Waals surface area contributed by atoms with E-state index < -0.39 is 0 Å². The molecule has 1 saturated carbocycles. The number of hydrogen-bond donors (Lipinski definition) is 3. The van der Waals surface area contributed by atoms with Gasteiger partial charge in [0.15, 0.2) is 0 Å². The summed E-state index contributed by atoms with van der Waals surface area (Å²) in [4.78, 5) is 12.0. The van der Waals surface area contributed by atoms with Crippen LogP contribution in [0.1, 0.15) is 32.1 Å². The SMILES string of the molecule is NC1CCCCCC1NC(=O)Nc1cc(Cl)ccc1Cl. The normalized spacial score (nSPS) is 22.9. The summed E-state index contributed by atoms with van der Waals surface area (Å²) in [6, 6.07) is 4.67. The van der Waals surface area contributed by atoms with Crippen LogP contribution in [0.25, 0.3) is 0 Å². The van der Waals surface area contributed by atoms with Gasteiger partial charge in [0.25, 0.3) is 0 Å². The molecule has 6 heteroatoms. The van der Waals surface area contributed by atoms with Crippen molar-refractivity contribution in [1.29, 1.82) is 0 Å². The van der Waals surface area contributed by atoms with E-state index in [1.807, 2.05) is 0 Å². The molecule has 2 amide bonds. The first kappa shape index (κ1) is 15.4.